The Labute approximate surface area is 254 Å². The highest BCUT2D eigenvalue weighted by Crippen LogP contribution is 2.52. The molecule has 0 radical (unpaired) electrons. The van der Waals surface area contributed by atoms with Gasteiger partial charge in [-0.05, 0) is 71.3 Å². The van der Waals surface area contributed by atoms with E-state index in [9.17, 15) is 0 Å². The van der Waals surface area contributed by atoms with E-state index in [2.05, 4.69) is 71.9 Å². The molecule has 0 fully saturated rings. The maximum Gasteiger partial charge on any atom is 0.150 e. The molecule has 0 N–H and O–H groups in total. The van der Waals surface area contributed by atoms with Gasteiger partial charge >= 0.3 is 0 Å². The molecule has 0 bridgehead atoms. The monoisotopic (exact) mass is 577 g/mol. The van der Waals surface area contributed by atoms with Crippen LogP contribution in [-0.2, 0) is 5.41 Å². The van der Waals surface area contributed by atoms with Gasteiger partial charge in [-0.15, -0.1) is 0 Å². The van der Waals surface area contributed by atoms with Crippen LogP contribution < -0.4 is 0 Å². The highest BCUT2D eigenvalue weighted by Gasteiger charge is 2.36. The zero-order valence-corrected chi connectivity index (χ0v) is 24.6. The van der Waals surface area contributed by atoms with E-state index < -0.39 is 6.17 Å². The van der Waals surface area contributed by atoms with Crippen LogP contribution >= 0.6 is 11.8 Å². The normalized spacial score (nSPS) is 14.4. The standard InChI is InChI=1S/C38H28FN3S/c1-38(2)30-15-3-4-17-32(30)43-33-19-18-28-29-14-9-21-41-37(29)42(36(28)34(33)38)27-13-8-12-26(23-27)35(39)25-11-7-10-24(22-25)31-16-5-6-20-40-31/h3-23,35H,1-2H3. The Balaban J connectivity index is 1.32. The molecular formula is C38H28FN3S. The first-order chi connectivity index (χ1) is 21.0. The summed E-state index contributed by atoms with van der Waals surface area (Å²) in [5, 5.41) is 2.24. The van der Waals surface area contributed by atoms with E-state index in [4.69, 9.17) is 4.98 Å². The highest BCUT2D eigenvalue weighted by atomic mass is 32.2. The number of pyridine rings is 2. The number of alkyl halides is 1. The first-order valence-electron chi connectivity index (χ1n) is 14.5. The van der Waals surface area contributed by atoms with Crippen molar-refractivity contribution in [2.75, 3.05) is 0 Å². The Kier molecular flexibility index (Phi) is 5.98. The van der Waals surface area contributed by atoms with Crippen LogP contribution in [0.3, 0.4) is 0 Å². The van der Waals surface area contributed by atoms with Crippen LogP contribution in [0.2, 0.25) is 0 Å². The van der Waals surface area contributed by atoms with Crippen LogP contribution in [0, 0.1) is 0 Å². The molecule has 5 heteroatoms. The van der Waals surface area contributed by atoms with Gasteiger partial charge in [0.25, 0.3) is 0 Å². The average Bonchev–Trinajstić information content (AvgIpc) is 3.39. The molecule has 1 unspecified atom stereocenters. The molecule has 43 heavy (non-hydrogen) atoms. The number of hydrogen-bond acceptors (Lipinski definition) is 3. The van der Waals surface area contributed by atoms with E-state index in [0.29, 0.717) is 11.1 Å². The van der Waals surface area contributed by atoms with Gasteiger partial charge in [0.2, 0.25) is 0 Å². The van der Waals surface area contributed by atoms with E-state index in [1.165, 1.54) is 20.9 Å². The van der Waals surface area contributed by atoms with Crippen molar-refractivity contribution in [3.05, 3.63) is 150 Å². The third kappa shape index (κ3) is 4.10. The van der Waals surface area contributed by atoms with Crippen molar-refractivity contribution in [3.8, 4) is 16.9 Å². The lowest BCUT2D eigenvalue weighted by atomic mass is 9.76. The molecule has 3 aromatic heterocycles. The van der Waals surface area contributed by atoms with Crippen molar-refractivity contribution >= 4 is 33.7 Å². The summed E-state index contributed by atoms with van der Waals surface area (Å²) in [6, 6.07) is 38.5. The largest absolute Gasteiger partial charge is 0.294 e. The SMILES string of the molecule is CC1(C)c2ccccc2Sc2ccc3c4cccnc4n(-c4cccc(C(F)c5cccc(-c6ccccn6)c5)c4)c3c21. The summed E-state index contributed by atoms with van der Waals surface area (Å²) in [5.74, 6) is 0. The van der Waals surface area contributed by atoms with Crippen molar-refractivity contribution in [1.82, 2.24) is 14.5 Å². The van der Waals surface area contributed by atoms with Crippen molar-refractivity contribution in [2.24, 2.45) is 0 Å². The minimum Gasteiger partial charge on any atom is -0.294 e. The topological polar surface area (TPSA) is 30.7 Å². The van der Waals surface area contributed by atoms with E-state index in [1.54, 1.807) is 6.20 Å². The molecule has 0 saturated carbocycles. The van der Waals surface area contributed by atoms with Crippen molar-refractivity contribution in [3.63, 3.8) is 0 Å². The average molecular weight is 578 g/mol. The summed E-state index contributed by atoms with van der Waals surface area (Å²) in [6.45, 7) is 4.61. The summed E-state index contributed by atoms with van der Waals surface area (Å²) in [4.78, 5) is 11.9. The fraction of sp³-hybridized carbons (Fsp3) is 0.105. The molecule has 3 nitrogen and oxygen atoms in total. The first-order valence-corrected chi connectivity index (χ1v) is 15.3. The molecule has 1 atom stereocenters. The predicted molar refractivity (Wildman–Crippen MR) is 174 cm³/mol. The second-order valence-corrected chi connectivity index (χ2v) is 12.6. The Morgan fingerprint density at radius 1 is 0.698 bits per heavy atom. The Hall–Kier alpha value is -4.74. The number of aromatic nitrogens is 3. The molecule has 4 heterocycles. The molecule has 1 aliphatic heterocycles. The highest BCUT2D eigenvalue weighted by molar-refractivity contribution is 7.99. The second kappa shape index (κ2) is 9.92. The Morgan fingerprint density at radius 2 is 1.49 bits per heavy atom. The van der Waals surface area contributed by atoms with Gasteiger partial charge in [0.05, 0.1) is 11.2 Å². The molecule has 7 aromatic rings. The molecule has 0 amide bonds. The minimum absolute atomic E-state index is 0.241. The van der Waals surface area contributed by atoms with Gasteiger partial charge in [0.15, 0.2) is 6.17 Å². The van der Waals surface area contributed by atoms with E-state index in [0.717, 1.165) is 38.9 Å². The zero-order valence-electron chi connectivity index (χ0n) is 23.8. The predicted octanol–water partition coefficient (Wildman–Crippen LogP) is 10.1. The lowest BCUT2D eigenvalue weighted by molar-refractivity contribution is 0.402. The maximum absolute atomic E-state index is 16.3. The molecule has 8 rings (SSSR count). The second-order valence-electron chi connectivity index (χ2n) is 11.6. The van der Waals surface area contributed by atoms with Crippen LogP contribution in [-0.4, -0.2) is 14.5 Å². The lowest BCUT2D eigenvalue weighted by Gasteiger charge is -2.35. The zero-order chi connectivity index (χ0) is 29.1. The fourth-order valence-corrected chi connectivity index (χ4v) is 7.99. The summed E-state index contributed by atoms with van der Waals surface area (Å²) < 4.78 is 18.6. The molecule has 208 valence electrons. The number of hydrogen-bond donors (Lipinski definition) is 0. The van der Waals surface area contributed by atoms with Crippen LogP contribution in [0.25, 0.3) is 38.9 Å². The van der Waals surface area contributed by atoms with Crippen LogP contribution in [0.1, 0.15) is 42.3 Å². The van der Waals surface area contributed by atoms with Crippen LogP contribution in [0.5, 0.6) is 0 Å². The van der Waals surface area contributed by atoms with Crippen molar-refractivity contribution in [2.45, 2.75) is 35.2 Å². The van der Waals surface area contributed by atoms with Gasteiger partial charge in [-0.1, -0.05) is 86.3 Å². The van der Waals surface area contributed by atoms with Crippen LogP contribution in [0.4, 0.5) is 4.39 Å². The number of halogens is 1. The van der Waals surface area contributed by atoms with Gasteiger partial charge in [0.1, 0.15) is 5.65 Å². The summed E-state index contributed by atoms with van der Waals surface area (Å²) in [7, 11) is 0. The quantitative estimate of drug-likeness (QED) is 0.209. The van der Waals surface area contributed by atoms with Gasteiger partial charge < -0.3 is 0 Å². The third-order valence-electron chi connectivity index (χ3n) is 8.62. The number of nitrogens with zero attached hydrogens (tertiary/aromatic N) is 3. The van der Waals surface area contributed by atoms with E-state index in [1.807, 2.05) is 84.7 Å². The van der Waals surface area contributed by atoms with Gasteiger partial charge in [0, 0.05) is 55.2 Å². The lowest BCUT2D eigenvalue weighted by Crippen LogP contribution is -2.24. The Bertz CT molecular complexity index is 2170. The first kappa shape index (κ1) is 25.9. The van der Waals surface area contributed by atoms with Gasteiger partial charge in [-0.3, -0.25) is 9.55 Å². The smallest absolute Gasteiger partial charge is 0.150 e. The fourth-order valence-electron chi connectivity index (χ4n) is 6.58. The molecule has 0 saturated heterocycles. The van der Waals surface area contributed by atoms with Crippen LogP contribution in [0.15, 0.2) is 137 Å². The van der Waals surface area contributed by atoms with Gasteiger partial charge in [-0.25, -0.2) is 9.37 Å². The van der Waals surface area contributed by atoms with Gasteiger partial charge in [-0.2, -0.15) is 0 Å². The minimum atomic E-state index is -1.29. The third-order valence-corrected chi connectivity index (χ3v) is 9.75. The van der Waals surface area contributed by atoms with Crippen molar-refractivity contribution in [1.29, 1.82) is 0 Å². The number of rotatable bonds is 4. The summed E-state index contributed by atoms with van der Waals surface area (Å²) in [6.07, 6.45) is 2.30. The molecular weight excluding hydrogens is 550 g/mol. The molecule has 0 aliphatic carbocycles. The summed E-state index contributed by atoms with van der Waals surface area (Å²) >= 11 is 1.82. The number of benzene rings is 4. The molecule has 1 aliphatic rings. The summed E-state index contributed by atoms with van der Waals surface area (Å²) in [5.41, 5.74) is 8.17. The van der Waals surface area contributed by atoms with E-state index in [-0.39, 0.29) is 5.41 Å². The molecule has 4 aromatic carbocycles. The maximum atomic E-state index is 16.3. The number of fused-ring (bicyclic) bond motifs is 6. The van der Waals surface area contributed by atoms with E-state index >= 15 is 4.39 Å². The molecule has 0 spiro atoms. The Morgan fingerprint density at radius 3 is 2.35 bits per heavy atom. The van der Waals surface area contributed by atoms with Crippen molar-refractivity contribution < 1.29 is 4.39 Å².